The van der Waals surface area contributed by atoms with Gasteiger partial charge in [0, 0.05) is 6.54 Å². The van der Waals surface area contributed by atoms with Gasteiger partial charge < -0.3 is 35.5 Å². The maximum Gasteiger partial charge on any atom is 0.406 e. The van der Waals surface area contributed by atoms with Crippen LogP contribution in [0.4, 0.5) is 10.3 Å². The molecule has 0 bridgehead atoms. The van der Waals surface area contributed by atoms with Gasteiger partial charge in [-0.15, -0.1) is 0 Å². The number of ether oxygens (including phenoxy) is 3. The summed E-state index contributed by atoms with van der Waals surface area (Å²) < 4.78 is 56.5. The van der Waals surface area contributed by atoms with Crippen LogP contribution in [0.3, 0.4) is 0 Å². The smallest absolute Gasteiger partial charge is 0.406 e. The second-order valence-corrected chi connectivity index (χ2v) is 14.1. The van der Waals surface area contributed by atoms with Crippen LogP contribution in [-0.2, 0) is 39.2 Å². The van der Waals surface area contributed by atoms with Crippen molar-refractivity contribution < 1.29 is 52.0 Å². The molecule has 0 spiro atoms. The third-order valence-corrected chi connectivity index (χ3v) is 9.03. The standard InChI is InChI=1S/C30H43FN7O10P/c1-16(2)11-20(27(41)47-17(3)4)37-49(43,46-14-22(39)33-12-18-7-9-19(31)10-8-18)45-13-21-24(40)30(5,42)28(48-21)38-15-34-23-25(38)35-29(32)36-26(23)44-6/h7-10,15-17,20-21,24,28,40,42H,11-14H2,1-6H3,(H,33,39)(H,37,43)(H2,32,35,36). The lowest BCUT2D eigenvalue weighted by Crippen LogP contribution is -2.44. The molecule has 0 aliphatic carbocycles. The van der Waals surface area contributed by atoms with Gasteiger partial charge >= 0.3 is 13.7 Å². The third kappa shape index (κ3) is 9.48. The first-order valence-electron chi connectivity index (χ1n) is 15.5. The fourth-order valence-corrected chi connectivity index (χ4v) is 6.50. The van der Waals surface area contributed by atoms with Crippen LogP contribution >= 0.6 is 7.75 Å². The summed E-state index contributed by atoms with van der Waals surface area (Å²) in [6, 6.07) is 4.29. The van der Waals surface area contributed by atoms with Gasteiger partial charge in [0.05, 0.1) is 26.1 Å². The number of fused-ring (bicyclic) bond motifs is 1. The Balaban J connectivity index is 1.53. The van der Waals surface area contributed by atoms with Crippen LogP contribution in [0.2, 0.25) is 0 Å². The molecule has 19 heteroatoms. The van der Waals surface area contributed by atoms with Crippen molar-refractivity contribution >= 4 is 36.7 Å². The Morgan fingerprint density at radius 2 is 1.88 bits per heavy atom. The fourth-order valence-electron chi connectivity index (χ4n) is 5.06. The van der Waals surface area contributed by atoms with E-state index in [-0.39, 0.29) is 41.9 Å². The molecule has 1 aliphatic heterocycles. The van der Waals surface area contributed by atoms with E-state index in [0.717, 1.165) is 0 Å². The Hall–Kier alpha value is -3.77. The van der Waals surface area contributed by atoms with Gasteiger partial charge in [0.2, 0.25) is 17.7 Å². The number of aliphatic hydroxyl groups is 2. The molecule has 6 unspecified atom stereocenters. The molecule has 3 heterocycles. The number of imidazole rings is 1. The second kappa shape index (κ2) is 15.8. The minimum absolute atomic E-state index is 0.0295. The van der Waals surface area contributed by atoms with Crippen LogP contribution in [-0.4, -0.2) is 91.9 Å². The highest BCUT2D eigenvalue weighted by atomic mass is 31.2. The average Bonchev–Trinajstić information content (AvgIpc) is 3.54. The number of anilines is 1. The lowest BCUT2D eigenvalue weighted by atomic mass is 9.96. The highest BCUT2D eigenvalue weighted by Crippen LogP contribution is 2.47. The van der Waals surface area contributed by atoms with Crippen LogP contribution in [0.25, 0.3) is 11.2 Å². The van der Waals surface area contributed by atoms with E-state index in [1.807, 2.05) is 13.8 Å². The van der Waals surface area contributed by atoms with Crippen molar-refractivity contribution in [3.8, 4) is 5.88 Å². The molecule has 4 rings (SSSR count). The number of hydrogen-bond acceptors (Lipinski definition) is 14. The molecule has 49 heavy (non-hydrogen) atoms. The summed E-state index contributed by atoms with van der Waals surface area (Å²) in [5.41, 5.74) is 4.83. The number of hydrogen-bond donors (Lipinski definition) is 5. The van der Waals surface area contributed by atoms with E-state index in [2.05, 4.69) is 25.4 Å². The molecule has 0 saturated carbocycles. The highest BCUT2D eigenvalue weighted by Gasteiger charge is 2.54. The average molecular weight is 712 g/mol. The molecular weight excluding hydrogens is 668 g/mol. The number of nitrogens with two attached hydrogens (primary N) is 1. The minimum atomic E-state index is -4.55. The number of amides is 1. The normalized spacial score (nSPS) is 22.7. The zero-order chi connectivity index (χ0) is 36.1. The van der Waals surface area contributed by atoms with E-state index in [9.17, 15) is 28.8 Å². The summed E-state index contributed by atoms with van der Waals surface area (Å²) in [5.74, 6) is -1.97. The van der Waals surface area contributed by atoms with E-state index in [1.165, 1.54) is 49.2 Å². The molecule has 1 aliphatic rings. The van der Waals surface area contributed by atoms with Crippen LogP contribution < -0.4 is 20.9 Å². The van der Waals surface area contributed by atoms with Gasteiger partial charge in [-0.1, -0.05) is 26.0 Å². The summed E-state index contributed by atoms with van der Waals surface area (Å²) in [5, 5.41) is 27.7. The Bertz CT molecular complexity index is 1660. The molecule has 6 N–H and O–H groups in total. The van der Waals surface area contributed by atoms with E-state index < -0.39 is 74.8 Å². The van der Waals surface area contributed by atoms with Crippen molar-refractivity contribution in [1.82, 2.24) is 29.9 Å². The van der Waals surface area contributed by atoms with Gasteiger partial charge in [0.15, 0.2) is 17.4 Å². The quantitative estimate of drug-likeness (QED) is 0.106. The van der Waals surface area contributed by atoms with Gasteiger partial charge in [0.25, 0.3) is 0 Å². The number of nitrogens with zero attached hydrogens (tertiary/aromatic N) is 4. The molecule has 6 atom stereocenters. The molecule has 3 aromatic rings. The van der Waals surface area contributed by atoms with Crippen LogP contribution in [0.5, 0.6) is 5.88 Å². The van der Waals surface area contributed by atoms with Crippen molar-refractivity contribution in [1.29, 1.82) is 0 Å². The summed E-state index contributed by atoms with van der Waals surface area (Å²) >= 11 is 0. The number of carbonyl (C=O) groups excluding carboxylic acids is 2. The maximum absolute atomic E-state index is 14.2. The summed E-state index contributed by atoms with van der Waals surface area (Å²) in [7, 11) is -3.18. The number of rotatable bonds is 16. The predicted octanol–water partition coefficient (Wildman–Crippen LogP) is 1.98. The summed E-state index contributed by atoms with van der Waals surface area (Å²) in [6.45, 7) is 6.94. The first kappa shape index (κ1) is 38.0. The van der Waals surface area contributed by atoms with Crippen LogP contribution in [0.15, 0.2) is 30.6 Å². The SMILES string of the molecule is COc1nc(N)nc2c1ncn2C1OC(COP(=O)(NC(CC(C)C)C(=O)OC(C)C)OCC(=O)NCc2ccc(F)cc2)C(O)C1(C)O. The number of nitrogens with one attached hydrogen (secondary N) is 2. The number of esters is 1. The number of halogens is 1. The molecule has 0 radical (unpaired) electrons. The lowest BCUT2D eigenvalue weighted by Gasteiger charge is -2.28. The third-order valence-electron chi connectivity index (χ3n) is 7.44. The minimum Gasteiger partial charge on any atom is -0.479 e. The highest BCUT2D eigenvalue weighted by molar-refractivity contribution is 7.51. The van der Waals surface area contributed by atoms with Gasteiger partial charge in [-0.3, -0.25) is 23.2 Å². The number of carbonyl (C=O) groups is 2. The van der Waals surface area contributed by atoms with Crippen molar-refractivity contribution in [2.45, 2.75) is 83.8 Å². The van der Waals surface area contributed by atoms with Crippen molar-refractivity contribution in [2.24, 2.45) is 5.92 Å². The molecule has 17 nitrogen and oxygen atoms in total. The number of benzene rings is 1. The molecular formula is C30H43FN7O10P. The van der Waals surface area contributed by atoms with Gasteiger partial charge in [-0.2, -0.15) is 9.97 Å². The van der Waals surface area contributed by atoms with E-state index >= 15 is 0 Å². The van der Waals surface area contributed by atoms with E-state index in [4.69, 9.17) is 29.0 Å². The monoisotopic (exact) mass is 711 g/mol. The largest absolute Gasteiger partial charge is 0.479 e. The second-order valence-electron chi connectivity index (χ2n) is 12.4. The molecule has 270 valence electrons. The van der Waals surface area contributed by atoms with Crippen LogP contribution in [0.1, 0.15) is 52.8 Å². The lowest BCUT2D eigenvalue weighted by molar-refractivity contribution is -0.150. The first-order chi connectivity index (χ1) is 23.0. The Morgan fingerprint density at radius 3 is 2.51 bits per heavy atom. The number of nitrogen functional groups attached to an aromatic ring is 1. The number of aliphatic hydroxyl groups excluding tert-OH is 1. The molecule has 1 saturated heterocycles. The summed E-state index contributed by atoms with van der Waals surface area (Å²) in [4.78, 5) is 38.0. The number of methoxy groups -OCH3 is 1. The first-order valence-corrected chi connectivity index (χ1v) is 17.1. The fraction of sp³-hybridized carbons (Fsp3) is 0.567. The maximum atomic E-state index is 14.2. The molecule has 2 aromatic heterocycles. The van der Waals surface area contributed by atoms with Gasteiger partial charge in [0.1, 0.15) is 36.3 Å². The zero-order valence-electron chi connectivity index (χ0n) is 28.0. The zero-order valence-corrected chi connectivity index (χ0v) is 28.9. The number of aromatic nitrogens is 4. The van der Waals surface area contributed by atoms with Gasteiger partial charge in [-0.25, -0.2) is 19.0 Å². The topological polar surface area (TPSA) is 231 Å². The van der Waals surface area contributed by atoms with E-state index in [0.29, 0.717) is 5.56 Å². The van der Waals surface area contributed by atoms with Gasteiger partial charge in [-0.05, 0) is 50.8 Å². The predicted molar refractivity (Wildman–Crippen MR) is 172 cm³/mol. The molecule has 1 fully saturated rings. The Labute approximate surface area is 282 Å². The molecule has 1 amide bonds. The van der Waals surface area contributed by atoms with E-state index in [1.54, 1.807) is 13.8 Å². The Morgan fingerprint density at radius 1 is 1.18 bits per heavy atom. The summed E-state index contributed by atoms with van der Waals surface area (Å²) in [6.07, 6.45) is -3.23. The van der Waals surface area contributed by atoms with Crippen LogP contribution in [0, 0.1) is 11.7 Å². The van der Waals surface area contributed by atoms with Crippen molar-refractivity contribution in [2.75, 3.05) is 26.1 Å². The Kier molecular flexibility index (Phi) is 12.3. The molecule has 1 aromatic carbocycles. The van der Waals surface area contributed by atoms with Crippen molar-refractivity contribution in [3.63, 3.8) is 0 Å². The van der Waals surface area contributed by atoms with Crippen molar-refractivity contribution in [3.05, 3.63) is 42.0 Å².